The number of hydrogen-bond acceptors (Lipinski definition) is 3. The van der Waals surface area contributed by atoms with E-state index in [4.69, 9.17) is 14.3 Å². The van der Waals surface area contributed by atoms with E-state index in [1.54, 1.807) is 13.2 Å². The molecule has 1 aromatic carbocycles. The molecular formula is C14H14O4. The summed E-state index contributed by atoms with van der Waals surface area (Å²) >= 11 is 0. The molecule has 4 nitrogen and oxygen atoms in total. The molecule has 0 bridgehead atoms. The molecule has 0 saturated heterocycles. The fraction of sp³-hybridized carbons (Fsp3) is 0.214. The van der Waals surface area contributed by atoms with Crippen molar-refractivity contribution in [3.63, 3.8) is 0 Å². The lowest BCUT2D eigenvalue weighted by atomic mass is 10.1. The average Bonchev–Trinajstić information content (AvgIpc) is 2.86. The SMILES string of the molecule is COc1ccc(CCc2ccc(C(=O)O)o2)cc1. The summed E-state index contributed by atoms with van der Waals surface area (Å²) in [5.74, 6) is 0.457. The van der Waals surface area contributed by atoms with Gasteiger partial charge in [-0.15, -0.1) is 0 Å². The van der Waals surface area contributed by atoms with E-state index in [0.29, 0.717) is 12.2 Å². The first kappa shape index (κ1) is 12.2. The molecule has 0 atom stereocenters. The smallest absolute Gasteiger partial charge is 0.371 e. The molecule has 0 fully saturated rings. The predicted molar refractivity (Wildman–Crippen MR) is 66.1 cm³/mol. The second-order valence-electron chi connectivity index (χ2n) is 3.92. The quantitative estimate of drug-likeness (QED) is 0.881. The van der Waals surface area contributed by atoms with Crippen LogP contribution in [0, 0.1) is 0 Å². The van der Waals surface area contributed by atoms with Crippen molar-refractivity contribution in [2.24, 2.45) is 0 Å². The number of rotatable bonds is 5. The maximum atomic E-state index is 10.7. The fourth-order valence-corrected chi connectivity index (χ4v) is 1.69. The highest BCUT2D eigenvalue weighted by atomic mass is 16.5. The van der Waals surface area contributed by atoms with Gasteiger partial charge < -0.3 is 14.3 Å². The summed E-state index contributed by atoms with van der Waals surface area (Å²) in [6.45, 7) is 0. The minimum atomic E-state index is -1.04. The molecule has 0 aliphatic carbocycles. The number of benzene rings is 1. The van der Waals surface area contributed by atoms with Gasteiger partial charge in [-0.05, 0) is 36.2 Å². The van der Waals surface area contributed by atoms with Gasteiger partial charge in [-0.2, -0.15) is 0 Å². The molecule has 94 valence electrons. The van der Waals surface area contributed by atoms with Crippen LogP contribution in [0.5, 0.6) is 5.75 Å². The monoisotopic (exact) mass is 246 g/mol. The molecule has 2 aromatic rings. The van der Waals surface area contributed by atoms with Gasteiger partial charge >= 0.3 is 5.97 Å². The number of carbonyl (C=O) groups is 1. The van der Waals surface area contributed by atoms with Crippen LogP contribution in [0.15, 0.2) is 40.8 Å². The van der Waals surface area contributed by atoms with Crippen LogP contribution in [0.2, 0.25) is 0 Å². The Hall–Kier alpha value is -2.23. The van der Waals surface area contributed by atoms with Crippen LogP contribution in [0.4, 0.5) is 0 Å². The van der Waals surface area contributed by atoms with Crippen LogP contribution in [0.1, 0.15) is 21.9 Å². The molecule has 2 rings (SSSR count). The second-order valence-corrected chi connectivity index (χ2v) is 3.92. The first-order valence-electron chi connectivity index (χ1n) is 5.64. The van der Waals surface area contributed by atoms with Crippen LogP contribution in [0.25, 0.3) is 0 Å². The maximum Gasteiger partial charge on any atom is 0.371 e. The van der Waals surface area contributed by atoms with Gasteiger partial charge in [-0.3, -0.25) is 0 Å². The summed E-state index contributed by atoms with van der Waals surface area (Å²) in [5, 5.41) is 8.73. The number of ether oxygens (including phenoxy) is 1. The standard InChI is InChI=1S/C14H14O4/c1-17-11-5-2-10(3-6-11)4-7-12-8-9-13(18-12)14(15)16/h2-3,5-6,8-9H,4,7H2,1H3,(H,15,16). The summed E-state index contributed by atoms with van der Waals surface area (Å²) in [5.41, 5.74) is 1.16. The molecule has 1 heterocycles. The third-order valence-electron chi connectivity index (χ3n) is 2.69. The zero-order chi connectivity index (χ0) is 13.0. The van der Waals surface area contributed by atoms with Crippen molar-refractivity contribution in [2.45, 2.75) is 12.8 Å². The summed E-state index contributed by atoms with van der Waals surface area (Å²) < 4.78 is 10.3. The molecule has 4 heteroatoms. The summed E-state index contributed by atoms with van der Waals surface area (Å²) in [7, 11) is 1.63. The topological polar surface area (TPSA) is 59.7 Å². The summed E-state index contributed by atoms with van der Waals surface area (Å²) in [6.07, 6.45) is 1.48. The van der Waals surface area contributed by atoms with E-state index < -0.39 is 5.97 Å². The first-order valence-corrected chi connectivity index (χ1v) is 5.64. The molecule has 0 aliphatic heterocycles. The van der Waals surface area contributed by atoms with Crippen molar-refractivity contribution < 1.29 is 19.1 Å². The Balaban J connectivity index is 1.95. The first-order chi connectivity index (χ1) is 8.69. The highest BCUT2D eigenvalue weighted by Crippen LogP contribution is 2.15. The van der Waals surface area contributed by atoms with Crippen LogP contribution >= 0.6 is 0 Å². The van der Waals surface area contributed by atoms with E-state index in [1.807, 2.05) is 24.3 Å². The molecule has 1 aromatic heterocycles. The Bertz CT molecular complexity index is 525. The van der Waals surface area contributed by atoms with E-state index in [2.05, 4.69) is 0 Å². The number of aromatic carboxylic acids is 1. The fourth-order valence-electron chi connectivity index (χ4n) is 1.69. The second kappa shape index (κ2) is 5.40. The van der Waals surface area contributed by atoms with Crippen LogP contribution in [0.3, 0.4) is 0 Å². The number of aryl methyl sites for hydroxylation is 2. The Morgan fingerprint density at radius 3 is 2.44 bits per heavy atom. The molecule has 0 radical (unpaired) electrons. The van der Waals surface area contributed by atoms with Gasteiger partial charge in [-0.1, -0.05) is 12.1 Å². The van der Waals surface area contributed by atoms with Gasteiger partial charge in [0.2, 0.25) is 5.76 Å². The van der Waals surface area contributed by atoms with E-state index in [9.17, 15) is 4.79 Å². The van der Waals surface area contributed by atoms with Crippen molar-refractivity contribution in [3.05, 3.63) is 53.5 Å². The Kier molecular flexibility index (Phi) is 3.67. The molecule has 0 amide bonds. The maximum absolute atomic E-state index is 10.7. The Morgan fingerprint density at radius 1 is 1.17 bits per heavy atom. The lowest BCUT2D eigenvalue weighted by Crippen LogP contribution is -1.93. The molecule has 0 spiro atoms. The number of methoxy groups -OCH3 is 1. The largest absolute Gasteiger partial charge is 0.497 e. The molecule has 0 saturated carbocycles. The lowest BCUT2D eigenvalue weighted by molar-refractivity contribution is 0.0660. The highest BCUT2D eigenvalue weighted by molar-refractivity contribution is 5.84. The van der Waals surface area contributed by atoms with E-state index >= 15 is 0 Å². The van der Waals surface area contributed by atoms with Crippen molar-refractivity contribution in [1.82, 2.24) is 0 Å². The summed E-state index contributed by atoms with van der Waals surface area (Å²) in [6, 6.07) is 11.0. The highest BCUT2D eigenvalue weighted by Gasteiger charge is 2.08. The Morgan fingerprint density at radius 2 is 1.89 bits per heavy atom. The molecule has 0 aliphatic rings. The Labute approximate surface area is 105 Å². The van der Waals surface area contributed by atoms with Gasteiger partial charge in [0, 0.05) is 6.42 Å². The van der Waals surface area contributed by atoms with Gasteiger partial charge in [0.15, 0.2) is 0 Å². The minimum Gasteiger partial charge on any atom is -0.497 e. The predicted octanol–water partition coefficient (Wildman–Crippen LogP) is 2.77. The van der Waals surface area contributed by atoms with Gasteiger partial charge in [0.05, 0.1) is 7.11 Å². The van der Waals surface area contributed by atoms with Crippen molar-refractivity contribution in [2.75, 3.05) is 7.11 Å². The minimum absolute atomic E-state index is 0.0141. The van der Waals surface area contributed by atoms with Gasteiger partial charge in [0.25, 0.3) is 0 Å². The lowest BCUT2D eigenvalue weighted by Gasteiger charge is -2.02. The zero-order valence-electron chi connectivity index (χ0n) is 10.1. The summed E-state index contributed by atoms with van der Waals surface area (Å²) in [4.78, 5) is 10.7. The van der Waals surface area contributed by atoms with Crippen molar-refractivity contribution in [1.29, 1.82) is 0 Å². The zero-order valence-corrected chi connectivity index (χ0v) is 10.1. The van der Waals surface area contributed by atoms with Gasteiger partial charge in [-0.25, -0.2) is 4.79 Å². The number of hydrogen-bond donors (Lipinski definition) is 1. The normalized spacial score (nSPS) is 10.3. The average molecular weight is 246 g/mol. The van der Waals surface area contributed by atoms with E-state index in [0.717, 1.165) is 17.7 Å². The van der Waals surface area contributed by atoms with Crippen LogP contribution in [-0.2, 0) is 12.8 Å². The molecule has 0 unspecified atom stereocenters. The van der Waals surface area contributed by atoms with E-state index in [1.165, 1.54) is 6.07 Å². The van der Waals surface area contributed by atoms with E-state index in [-0.39, 0.29) is 5.76 Å². The van der Waals surface area contributed by atoms with Crippen molar-refractivity contribution in [3.8, 4) is 5.75 Å². The number of furan rings is 1. The van der Waals surface area contributed by atoms with Crippen molar-refractivity contribution >= 4 is 5.97 Å². The van der Waals surface area contributed by atoms with Crippen LogP contribution < -0.4 is 4.74 Å². The number of carboxylic acids is 1. The number of carboxylic acid groups (broad SMARTS) is 1. The van der Waals surface area contributed by atoms with Crippen LogP contribution in [-0.4, -0.2) is 18.2 Å². The van der Waals surface area contributed by atoms with Gasteiger partial charge in [0.1, 0.15) is 11.5 Å². The third kappa shape index (κ3) is 2.91. The molecular weight excluding hydrogens is 232 g/mol. The molecule has 1 N–H and O–H groups in total. The molecule has 18 heavy (non-hydrogen) atoms. The third-order valence-corrected chi connectivity index (χ3v) is 2.69.